The molecule has 22 heavy (non-hydrogen) atoms. The van der Waals surface area contributed by atoms with Gasteiger partial charge in [-0.1, -0.05) is 76.6 Å². The second-order valence-corrected chi connectivity index (χ2v) is 6.15. The Bertz CT molecular complexity index is 480. The molecule has 0 aliphatic carbocycles. The van der Waals surface area contributed by atoms with Crippen molar-refractivity contribution in [2.24, 2.45) is 0 Å². The van der Waals surface area contributed by atoms with Crippen molar-refractivity contribution in [3.8, 4) is 0 Å². The van der Waals surface area contributed by atoms with Gasteiger partial charge in [-0.05, 0) is 48.8 Å². The van der Waals surface area contributed by atoms with Crippen LogP contribution in [-0.4, -0.2) is 6.26 Å². The zero-order valence-electron chi connectivity index (χ0n) is 15.3. The Morgan fingerprint density at radius 2 is 1.36 bits per heavy atom. The van der Waals surface area contributed by atoms with Gasteiger partial charge in [0.2, 0.25) is 0 Å². The van der Waals surface area contributed by atoms with E-state index in [1.165, 1.54) is 21.6 Å². The van der Waals surface area contributed by atoms with Crippen LogP contribution in [0.1, 0.15) is 57.2 Å². The highest BCUT2D eigenvalue weighted by Crippen LogP contribution is 2.19. The van der Waals surface area contributed by atoms with Crippen LogP contribution in [0.25, 0.3) is 0 Å². The van der Waals surface area contributed by atoms with Crippen LogP contribution in [-0.2, 0) is 6.42 Å². The topological polar surface area (TPSA) is 0 Å². The molecule has 1 heteroatoms. The lowest BCUT2D eigenvalue weighted by Gasteiger charge is -2.04. The van der Waals surface area contributed by atoms with E-state index in [9.17, 15) is 0 Å². The molecule has 0 atom stereocenters. The summed E-state index contributed by atoms with van der Waals surface area (Å²) in [6, 6.07) is 17.4. The molecule has 0 nitrogen and oxygen atoms in total. The number of aryl methyl sites for hydroxylation is 2. The number of rotatable bonds is 3. The molecule has 0 aromatic heterocycles. The first-order valence-corrected chi connectivity index (χ1v) is 9.48. The van der Waals surface area contributed by atoms with E-state index in [-0.39, 0.29) is 0 Å². The maximum Gasteiger partial charge on any atom is 0.00693 e. The fourth-order valence-electron chi connectivity index (χ4n) is 1.81. The van der Waals surface area contributed by atoms with Crippen LogP contribution in [0.4, 0.5) is 0 Å². The lowest BCUT2D eigenvalue weighted by molar-refractivity contribution is 0.865. The van der Waals surface area contributed by atoms with Crippen LogP contribution >= 0.6 is 11.8 Å². The van der Waals surface area contributed by atoms with Gasteiger partial charge in [-0.2, -0.15) is 0 Å². The zero-order chi connectivity index (χ0) is 17.0. The van der Waals surface area contributed by atoms with Crippen LogP contribution in [0.5, 0.6) is 0 Å². The lowest BCUT2D eigenvalue weighted by atomic mass is 10.0. The van der Waals surface area contributed by atoms with Gasteiger partial charge in [-0.3, -0.25) is 0 Å². The molecule has 0 unspecified atom stereocenters. The van der Waals surface area contributed by atoms with E-state index in [0.717, 1.165) is 6.42 Å². The maximum atomic E-state index is 2.22. The van der Waals surface area contributed by atoms with Gasteiger partial charge in [0.25, 0.3) is 0 Å². The summed E-state index contributed by atoms with van der Waals surface area (Å²) in [7, 11) is 0. The first-order valence-electron chi connectivity index (χ1n) is 8.26. The van der Waals surface area contributed by atoms with Crippen molar-refractivity contribution in [3.63, 3.8) is 0 Å². The third-order valence-electron chi connectivity index (χ3n) is 3.31. The molecule has 2 aromatic rings. The van der Waals surface area contributed by atoms with Crippen molar-refractivity contribution in [3.05, 3.63) is 65.2 Å². The Hall–Kier alpha value is -1.21. The predicted molar refractivity (Wildman–Crippen MR) is 104 cm³/mol. The summed E-state index contributed by atoms with van der Waals surface area (Å²) in [6.07, 6.45) is 3.24. The first kappa shape index (κ1) is 20.8. The number of benzene rings is 2. The highest BCUT2D eigenvalue weighted by molar-refractivity contribution is 7.98. The zero-order valence-corrected chi connectivity index (χ0v) is 16.1. The Balaban J connectivity index is 0.000000366. The highest BCUT2D eigenvalue weighted by atomic mass is 32.2. The molecule has 0 aliphatic rings. The molecular weight excluding hydrogens is 284 g/mol. The largest absolute Gasteiger partial charge is 0.130 e. The number of thioether (sulfide) groups is 1. The Morgan fingerprint density at radius 3 is 1.73 bits per heavy atom. The summed E-state index contributed by atoms with van der Waals surface area (Å²) in [5.74, 6) is 0.644. The smallest absolute Gasteiger partial charge is 0.00693 e. The van der Waals surface area contributed by atoms with E-state index >= 15 is 0 Å². The van der Waals surface area contributed by atoms with Gasteiger partial charge in [-0.25, -0.2) is 0 Å². The standard InChI is InChI=1S/C10H14S.C9H12.C2H6/c1-8(2)9-4-6-10(11-3)7-5-9;1-3-9-6-4-8(2)5-7-9;1-2/h4-8H,1-3H3;4-7H,3H2,1-2H3;1-2H3. The second kappa shape index (κ2) is 12.3. The average molecular weight is 317 g/mol. The highest BCUT2D eigenvalue weighted by Gasteiger charge is 1.96. The summed E-state index contributed by atoms with van der Waals surface area (Å²) in [5, 5.41) is 0. The van der Waals surface area contributed by atoms with Crippen LogP contribution in [0.15, 0.2) is 53.4 Å². The first-order chi connectivity index (χ1) is 10.6. The van der Waals surface area contributed by atoms with Crippen molar-refractivity contribution in [1.82, 2.24) is 0 Å². The summed E-state index contributed by atoms with van der Waals surface area (Å²) in [5.41, 5.74) is 4.18. The molecule has 2 aromatic carbocycles. The van der Waals surface area contributed by atoms with Gasteiger partial charge in [-0.15, -0.1) is 11.8 Å². The molecule has 0 spiro atoms. The number of hydrogen-bond donors (Lipinski definition) is 0. The van der Waals surface area contributed by atoms with Crippen molar-refractivity contribution in [1.29, 1.82) is 0 Å². The molecule has 0 N–H and O–H groups in total. The van der Waals surface area contributed by atoms with Crippen LogP contribution in [0.3, 0.4) is 0 Å². The SMILES string of the molecule is CC.CCc1ccc(C)cc1.CSc1ccc(C(C)C)cc1. The Morgan fingerprint density at radius 1 is 0.864 bits per heavy atom. The molecule has 0 fully saturated rings. The van der Waals surface area contributed by atoms with Crippen molar-refractivity contribution in [2.75, 3.05) is 6.26 Å². The summed E-state index contributed by atoms with van der Waals surface area (Å²) in [6.45, 7) is 12.7. The van der Waals surface area contributed by atoms with E-state index in [1.54, 1.807) is 11.8 Å². The minimum absolute atomic E-state index is 0.644. The molecular formula is C21H32S. The Labute approximate surface area is 142 Å². The van der Waals surface area contributed by atoms with Gasteiger partial charge in [0.1, 0.15) is 0 Å². The monoisotopic (exact) mass is 316 g/mol. The molecule has 0 bridgehead atoms. The van der Waals surface area contributed by atoms with Gasteiger partial charge < -0.3 is 0 Å². The molecule has 2 rings (SSSR count). The lowest BCUT2D eigenvalue weighted by Crippen LogP contribution is -1.85. The van der Waals surface area contributed by atoms with Crippen LogP contribution in [0.2, 0.25) is 0 Å². The van der Waals surface area contributed by atoms with Gasteiger partial charge in [0.15, 0.2) is 0 Å². The molecule has 0 saturated carbocycles. The van der Waals surface area contributed by atoms with E-state index in [0.29, 0.717) is 5.92 Å². The molecule has 0 amide bonds. The fraction of sp³-hybridized carbons (Fsp3) is 0.429. The van der Waals surface area contributed by atoms with E-state index < -0.39 is 0 Å². The van der Waals surface area contributed by atoms with Crippen molar-refractivity contribution in [2.45, 2.75) is 58.8 Å². The van der Waals surface area contributed by atoms with Gasteiger partial charge >= 0.3 is 0 Å². The fourth-order valence-corrected chi connectivity index (χ4v) is 2.22. The Kier molecular flexibility index (Phi) is 11.7. The normalized spacial score (nSPS) is 9.45. The molecule has 122 valence electrons. The van der Waals surface area contributed by atoms with Crippen molar-refractivity contribution >= 4 is 11.8 Å². The third kappa shape index (κ3) is 8.29. The molecule has 0 aliphatic heterocycles. The third-order valence-corrected chi connectivity index (χ3v) is 4.05. The summed E-state index contributed by atoms with van der Waals surface area (Å²) >= 11 is 1.79. The second-order valence-electron chi connectivity index (χ2n) is 5.27. The van der Waals surface area contributed by atoms with Crippen molar-refractivity contribution < 1.29 is 0 Å². The molecule has 0 heterocycles. The minimum atomic E-state index is 0.644. The summed E-state index contributed by atoms with van der Waals surface area (Å²) in [4.78, 5) is 1.34. The van der Waals surface area contributed by atoms with E-state index in [2.05, 4.69) is 82.5 Å². The van der Waals surface area contributed by atoms with Crippen LogP contribution < -0.4 is 0 Å². The van der Waals surface area contributed by atoms with E-state index in [1.807, 2.05) is 13.8 Å². The number of hydrogen-bond acceptors (Lipinski definition) is 1. The van der Waals surface area contributed by atoms with Crippen LogP contribution in [0, 0.1) is 6.92 Å². The average Bonchev–Trinajstić information content (AvgIpc) is 2.58. The predicted octanol–water partition coefficient (Wildman–Crippen LogP) is 7.12. The van der Waals surface area contributed by atoms with Gasteiger partial charge in [0, 0.05) is 4.90 Å². The molecule has 0 radical (unpaired) electrons. The molecule has 0 saturated heterocycles. The minimum Gasteiger partial charge on any atom is -0.130 e. The van der Waals surface area contributed by atoms with E-state index in [4.69, 9.17) is 0 Å². The summed E-state index contributed by atoms with van der Waals surface area (Å²) < 4.78 is 0. The maximum absolute atomic E-state index is 2.22. The van der Waals surface area contributed by atoms with Gasteiger partial charge in [0.05, 0.1) is 0 Å². The quantitative estimate of drug-likeness (QED) is 0.543.